The maximum absolute atomic E-state index is 12.2. The smallest absolute Gasteiger partial charge is 0.255 e. The van der Waals surface area contributed by atoms with Gasteiger partial charge in [0.15, 0.2) is 0 Å². The Bertz CT molecular complexity index is 409. The number of rotatable bonds is 6. The quantitative estimate of drug-likeness (QED) is 0.863. The monoisotopic (exact) mass is 269 g/mol. The highest BCUT2D eigenvalue weighted by atomic mass is 35.5. The molecule has 0 aliphatic carbocycles. The molecule has 0 radical (unpaired) electrons. The van der Waals surface area contributed by atoms with Crippen LogP contribution in [0.5, 0.6) is 0 Å². The van der Waals surface area contributed by atoms with Crippen molar-refractivity contribution < 1.29 is 4.79 Å². The van der Waals surface area contributed by atoms with Crippen LogP contribution in [0.15, 0.2) is 12.3 Å². The molecule has 0 aliphatic heterocycles. The van der Waals surface area contributed by atoms with Crippen LogP contribution in [0.4, 0.5) is 5.82 Å². The van der Waals surface area contributed by atoms with Crippen molar-refractivity contribution in [2.24, 2.45) is 0 Å². The predicted molar refractivity (Wildman–Crippen MR) is 75.3 cm³/mol. The molecular formula is C13H20ClN3O. The van der Waals surface area contributed by atoms with Crippen molar-refractivity contribution in [2.45, 2.75) is 26.7 Å². The lowest BCUT2D eigenvalue weighted by Crippen LogP contribution is -2.28. The number of anilines is 1. The highest BCUT2D eigenvalue weighted by Crippen LogP contribution is 2.19. The Kier molecular flexibility index (Phi) is 5.92. The lowest BCUT2D eigenvalue weighted by atomic mass is 10.2. The first-order valence-electron chi connectivity index (χ1n) is 6.25. The van der Waals surface area contributed by atoms with Gasteiger partial charge in [0, 0.05) is 26.3 Å². The molecule has 5 heteroatoms. The largest absolute Gasteiger partial charge is 0.370 e. The average molecular weight is 270 g/mol. The highest BCUT2D eigenvalue weighted by Gasteiger charge is 2.15. The van der Waals surface area contributed by atoms with Crippen molar-refractivity contribution >= 4 is 23.3 Å². The molecule has 0 aliphatic rings. The fraction of sp³-hybridized carbons (Fsp3) is 0.538. The Morgan fingerprint density at radius 2 is 2.22 bits per heavy atom. The lowest BCUT2D eigenvalue weighted by molar-refractivity contribution is 0.0793. The van der Waals surface area contributed by atoms with Gasteiger partial charge in [-0.25, -0.2) is 4.98 Å². The van der Waals surface area contributed by atoms with Gasteiger partial charge in [-0.3, -0.25) is 4.79 Å². The molecule has 1 amide bonds. The summed E-state index contributed by atoms with van der Waals surface area (Å²) in [4.78, 5) is 18.0. The zero-order valence-electron chi connectivity index (χ0n) is 11.2. The summed E-state index contributed by atoms with van der Waals surface area (Å²) in [5.41, 5.74) is 0.501. The van der Waals surface area contributed by atoms with E-state index < -0.39 is 0 Å². The molecule has 100 valence electrons. The molecule has 18 heavy (non-hydrogen) atoms. The van der Waals surface area contributed by atoms with Crippen LogP contribution in [0.25, 0.3) is 0 Å². The van der Waals surface area contributed by atoms with Crippen LogP contribution in [-0.2, 0) is 0 Å². The number of hydrogen-bond donors (Lipinski definition) is 1. The van der Waals surface area contributed by atoms with Crippen LogP contribution in [-0.4, -0.2) is 35.9 Å². The number of halogens is 1. The highest BCUT2D eigenvalue weighted by molar-refractivity contribution is 6.33. The summed E-state index contributed by atoms with van der Waals surface area (Å²) >= 11 is 6.03. The number of hydrogen-bond acceptors (Lipinski definition) is 3. The minimum atomic E-state index is -0.0602. The molecule has 0 saturated carbocycles. The van der Waals surface area contributed by atoms with E-state index in [0.29, 0.717) is 16.4 Å². The molecule has 1 rings (SSSR count). The molecule has 4 nitrogen and oxygen atoms in total. The second-order valence-corrected chi connectivity index (χ2v) is 4.57. The maximum Gasteiger partial charge on any atom is 0.255 e. The summed E-state index contributed by atoms with van der Waals surface area (Å²) < 4.78 is 0. The van der Waals surface area contributed by atoms with Gasteiger partial charge in [0.05, 0.1) is 10.6 Å². The number of carbonyl (C=O) groups excluding carboxylic acids is 1. The van der Waals surface area contributed by atoms with Gasteiger partial charge in [0.2, 0.25) is 0 Å². The Hall–Kier alpha value is -1.29. The Balaban J connectivity index is 2.86. The van der Waals surface area contributed by atoms with Gasteiger partial charge in [-0.15, -0.1) is 0 Å². The van der Waals surface area contributed by atoms with Crippen molar-refractivity contribution in [1.82, 2.24) is 9.88 Å². The van der Waals surface area contributed by atoms with E-state index in [4.69, 9.17) is 11.6 Å². The van der Waals surface area contributed by atoms with Crippen molar-refractivity contribution in [3.8, 4) is 0 Å². The first kappa shape index (κ1) is 14.8. The summed E-state index contributed by atoms with van der Waals surface area (Å²) in [5.74, 6) is 0.615. The molecular weight excluding hydrogens is 250 g/mol. The van der Waals surface area contributed by atoms with E-state index in [9.17, 15) is 4.79 Å². The molecule has 1 N–H and O–H groups in total. The van der Waals surface area contributed by atoms with Gasteiger partial charge in [-0.05, 0) is 19.4 Å². The molecule has 1 aromatic heterocycles. The molecule has 0 spiro atoms. The molecule has 0 fully saturated rings. The van der Waals surface area contributed by atoms with Gasteiger partial charge < -0.3 is 10.2 Å². The van der Waals surface area contributed by atoms with E-state index in [2.05, 4.69) is 17.2 Å². The van der Waals surface area contributed by atoms with Gasteiger partial charge in [0.25, 0.3) is 5.91 Å². The number of aromatic nitrogens is 1. The van der Waals surface area contributed by atoms with Gasteiger partial charge in [0.1, 0.15) is 5.82 Å². The fourth-order valence-electron chi connectivity index (χ4n) is 1.58. The van der Waals surface area contributed by atoms with Crippen LogP contribution in [0.3, 0.4) is 0 Å². The molecule has 1 aromatic rings. The molecule has 0 bridgehead atoms. The first-order valence-corrected chi connectivity index (χ1v) is 6.62. The fourth-order valence-corrected chi connectivity index (χ4v) is 1.77. The van der Waals surface area contributed by atoms with E-state index in [0.717, 1.165) is 25.9 Å². The van der Waals surface area contributed by atoms with Crippen molar-refractivity contribution in [3.05, 3.63) is 22.8 Å². The van der Waals surface area contributed by atoms with E-state index in [1.807, 2.05) is 6.92 Å². The average Bonchev–Trinajstić information content (AvgIpc) is 2.37. The minimum Gasteiger partial charge on any atom is -0.370 e. The molecule has 0 atom stereocenters. The molecule has 0 saturated heterocycles. The standard InChI is InChI=1S/C13H20ClN3O/c1-4-6-7-17(3)13(18)10-8-12(15-5-2)16-9-11(10)14/h8-9H,4-7H2,1-3H3,(H,15,16). The van der Waals surface area contributed by atoms with E-state index in [-0.39, 0.29) is 5.91 Å². The number of nitrogens with zero attached hydrogens (tertiary/aromatic N) is 2. The van der Waals surface area contributed by atoms with Crippen molar-refractivity contribution in [1.29, 1.82) is 0 Å². The molecule has 1 heterocycles. The summed E-state index contributed by atoms with van der Waals surface area (Å²) in [6, 6.07) is 1.70. The van der Waals surface area contributed by atoms with Crippen LogP contribution < -0.4 is 5.32 Å². The minimum absolute atomic E-state index is 0.0602. The van der Waals surface area contributed by atoms with Crippen LogP contribution in [0.2, 0.25) is 5.02 Å². The summed E-state index contributed by atoms with van der Waals surface area (Å²) in [6.45, 7) is 5.57. The summed E-state index contributed by atoms with van der Waals surface area (Å²) in [7, 11) is 1.79. The third-order valence-corrected chi connectivity index (χ3v) is 2.94. The lowest BCUT2D eigenvalue weighted by Gasteiger charge is -2.17. The second kappa shape index (κ2) is 7.21. The Morgan fingerprint density at radius 1 is 1.50 bits per heavy atom. The zero-order valence-corrected chi connectivity index (χ0v) is 11.9. The summed E-state index contributed by atoms with van der Waals surface area (Å²) in [5, 5.41) is 3.47. The van der Waals surface area contributed by atoms with Crippen molar-refractivity contribution in [2.75, 3.05) is 25.5 Å². The van der Waals surface area contributed by atoms with E-state index >= 15 is 0 Å². The number of amides is 1. The SMILES string of the molecule is CCCCN(C)C(=O)c1cc(NCC)ncc1Cl. The third kappa shape index (κ3) is 3.88. The number of carbonyl (C=O) groups is 1. The molecule has 0 unspecified atom stereocenters. The predicted octanol–water partition coefficient (Wildman–Crippen LogP) is 3.04. The van der Waals surface area contributed by atoms with E-state index in [1.54, 1.807) is 18.0 Å². The number of nitrogens with one attached hydrogen (secondary N) is 1. The van der Waals surface area contributed by atoms with Gasteiger partial charge in [-0.1, -0.05) is 24.9 Å². The van der Waals surface area contributed by atoms with Gasteiger partial charge in [-0.2, -0.15) is 0 Å². The molecule has 0 aromatic carbocycles. The van der Waals surface area contributed by atoms with Crippen molar-refractivity contribution in [3.63, 3.8) is 0 Å². The normalized spacial score (nSPS) is 10.2. The van der Waals surface area contributed by atoms with E-state index in [1.165, 1.54) is 6.20 Å². The second-order valence-electron chi connectivity index (χ2n) is 4.16. The van der Waals surface area contributed by atoms with Crippen LogP contribution in [0.1, 0.15) is 37.0 Å². The van der Waals surface area contributed by atoms with Crippen LogP contribution >= 0.6 is 11.6 Å². The zero-order chi connectivity index (χ0) is 13.5. The topological polar surface area (TPSA) is 45.2 Å². The first-order chi connectivity index (χ1) is 8.60. The third-order valence-electron chi connectivity index (χ3n) is 2.64. The number of pyridine rings is 1. The van der Waals surface area contributed by atoms with Crippen LogP contribution in [0, 0.1) is 0 Å². The Morgan fingerprint density at radius 3 is 2.83 bits per heavy atom. The van der Waals surface area contributed by atoms with Gasteiger partial charge >= 0.3 is 0 Å². The number of unbranched alkanes of at least 4 members (excludes halogenated alkanes) is 1. The Labute approximate surface area is 113 Å². The maximum atomic E-state index is 12.2. The summed E-state index contributed by atoms with van der Waals surface area (Å²) in [6.07, 6.45) is 3.57.